The Labute approximate surface area is 190 Å². The second kappa shape index (κ2) is 10.1. The summed E-state index contributed by atoms with van der Waals surface area (Å²) >= 11 is 0. The van der Waals surface area contributed by atoms with Crippen LogP contribution in [-0.2, 0) is 10.2 Å². The van der Waals surface area contributed by atoms with Gasteiger partial charge in [-0.15, -0.1) is 0 Å². The highest BCUT2D eigenvalue weighted by atomic mass is 16.5. The molecule has 1 atom stereocenters. The summed E-state index contributed by atoms with van der Waals surface area (Å²) in [6, 6.07) is 16.5. The third-order valence-electron chi connectivity index (χ3n) is 6.75. The number of para-hydroxylation sites is 1. The van der Waals surface area contributed by atoms with Crippen molar-refractivity contribution in [3.05, 3.63) is 59.7 Å². The molecular formula is C26H34N4O2. The Morgan fingerprint density at radius 1 is 1.16 bits per heavy atom. The number of anilines is 1. The first-order valence-electron chi connectivity index (χ1n) is 11.7. The smallest absolute Gasteiger partial charge is 0.225 e. The van der Waals surface area contributed by atoms with Gasteiger partial charge in [-0.25, -0.2) is 0 Å². The number of amides is 1. The number of carbonyl (C=O) groups is 1. The van der Waals surface area contributed by atoms with Crippen LogP contribution in [0, 0.1) is 0 Å². The van der Waals surface area contributed by atoms with E-state index in [2.05, 4.69) is 47.1 Å². The van der Waals surface area contributed by atoms with Crippen LogP contribution in [0.3, 0.4) is 0 Å². The maximum atomic E-state index is 12.2. The number of fused-ring (bicyclic) bond motifs is 1. The van der Waals surface area contributed by atoms with E-state index in [1.54, 1.807) is 7.11 Å². The summed E-state index contributed by atoms with van der Waals surface area (Å²) in [5.41, 5.74) is 3.46. The van der Waals surface area contributed by atoms with Crippen LogP contribution in [0.4, 0.5) is 5.69 Å². The molecule has 32 heavy (non-hydrogen) atoms. The summed E-state index contributed by atoms with van der Waals surface area (Å²) in [5, 5.41) is 9.86. The number of carbonyl (C=O) groups excluding carboxylic acids is 1. The van der Waals surface area contributed by atoms with E-state index in [0.29, 0.717) is 13.0 Å². The van der Waals surface area contributed by atoms with Crippen molar-refractivity contribution in [3.63, 3.8) is 0 Å². The van der Waals surface area contributed by atoms with E-state index in [0.717, 1.165) is 43.3 Å². The summed E-state index contributed by atoms with van der Waals surface area (Å²) < 4.78 is 5.47. The molecule has 0 radical (unpaired) electrons. The van der Waals surface area contributed by atoms with Crippen LogP contribution >= 0.6 is 0 Å². The van der Waals surface area contributed by atoms with Crippen LogP contribution in [0.2, 0.25) is 0 Å². The molecule has 0 bridgehead atoms. The van der Waals surface area contributed by atoms with Gasteiger partial charge in [-0.05, 0) is 49.1 Å². The van der Waals surface area contributed by atoms with E-state index in [4.69, 9.17) is 9.73 Å². The highest BCUT2D eigenvalue weighted by Crippen LogP contribution is 2.42. The number of aliphatic imine (C=N–C) groups is 1. The van der Waals surface area contributed by atoms with Gasteiger partial charge in [0, 0.05) is 36.5 Å². The highest BCUT2D eigenvalue weighted by molar-refractivity contribution is 5.94. The van der Waals surface area contributed by atoms with Gasteiger partial charge in [-0.3, -0.25) is 9.79 Å². The third kappa shape index (κ3) is 4.90. The molecule has 1 saturated carbocycles. The average molecular weight is 435 g/mol. The van der Waals surface area contributed by atoms with Crippen molar-refractivity contribution in [2.24, 2.45) is 4.99 Å². The van der Waals surface area contributed by atoms with E-state index >= 15 is 0 Å². The molecule has 6 nitrogen and oxygen atoms in total. The molecule has 170 valence electrons. The summed E-state index contributed by atoms with van der Waals surface area (Å²) in [5.74, 6) is 1.91. The van der Waals surface area contributed by atoms with Gasteiger partial charge in [0.05, 0.1) is 13.7 Å². The van der Waals surface area contributed by atoms with E-state index < -0.39 is 0 Å². The third-order valence-corrected chi connectivity index (χ3v) is 6.75. The van der Waals surface area contributed by atoms with Crippen LogP contribution in [0.1, 0.15) is 56.1 Å². The van der Waals surface area contributed by atoms with E-state index in [1.165, 1.54) is 24.0 Å². The number of methoxy groups -OCH3 is 1. The Morgan fingerprint density at radius 3 is 2.75 bits per heavy atom. The SMILES string of the molecule is CCNC(=NCC1(c2cccc(OC)c2)CCCC1)NCC1CC(=O)Nc2ccccc21. The minimum absolute atomic E-state index is 0.0498. The number of hydrogen-bond acceptors (Lipinski definition) is 3. The lowest BCUT2D eigenvalue weighted by molar-refractivity contribution is -0.116. The predicted molar refractivity (Wildman–Crippen MR) is 130 cm³/mol. The minimum atomic E-state index is 0.0498. The van der Waals surface area contributed by atoms with Crippen molar-refractivity contribution in [1.82, 2.24) is 10.6 Å². The van der Waals surface area contributed by atoms with E-state index in [9.17, 15) is 4.79 Å². The fraction of sp³-hybridized carbons (Fsp3) is 0.462. The van der Waals surface area contributed by atoms with Crippen molar-refractivity contribution in [1.29, 1.82) is 0 Å². The fourth-order valence-corrected chi connectivity index (χ4v) is 5.02. The van der Waals surface area contributed by atoms with Crippen LogP contribution in [0.15, 0.2) is 53.5 Å². The van der Waals surface area contributed by atoms with Gasteiger partial charge in [0.2, 0.25) is 5.91 Å². The number of rotatable bonds is 7. The molecule has 6 heteroatoms. The lowest BCUT2D eigenvalue weighted by atomic mass is 9.79. The second-order valence-corrected chi connectivity index (χ2v) is 8.83. The van der Waals surface area contributed by atoms with Crippen molar-refractivity contribution in [2.45, 2.75) is 50.4 Å². The Morgan fingerprint density at radius 2 is 1.97 bits per heavy atom. The lowest BCUT2D eigenvalue weighted by Gasteiger charge is -2.29. The number of guanidine groups is 1. The van der Waals surface area contributed by atoms with Crippen molar-refractivity contribution in [2.75, 3.05) is 32.1 Å². The minimum Gasteiger partial charge on any atom is -0.497 e. The van der Waals surface area contributed by atoms with Gasteiger partial charge in [-0.1, -0.05) is 43.2 Å². The highest BCUT2D eigenvalue weighted by Gasteiger charge is 2.36. The number of nitrogens with zero attached hydrogens (tertiary/aromatic N) is 1. The topological polar surface area (TPSA) is 74.8 Å². The maximum Gasteiger partial charge on any atom is 0.225 e. The molecule has 2 aromatic rings. The molecule has 1 heterocycles. The Balaban J connectivity index is 1.49. The molecule has 0 aromatic heterocycles. The molecule has 2 aromatic carbocycles. The first-order valence-corrected chi connectivity index (χ1v) is 11.7. The standard InChI is InChI=1S/C26H34N4O2/c1-3-27-25(28-17-19-15-24(31)30-23-12-5-4-11-22(19)23)29-18-26(13-6-7-14-26)20-9-8-10-21(16-20)32-2/h4-5,8-12,16,19H,3,6-7,13-15,17-18H2,1-2H3,(H,30,31)(H2,27,28,29). The van der Waals surface area contributed by atoms with Crippen molar-refractivity contribution in [3.8, 4) is 5.75 Å². The largest absolute Gasteiger partial charge is 0.497 e. The zero-order chi connectivity index (χ0) is 22.4. The Kier molecular flexibility index (Phi) is 6.98. The molecule has 1 aliphatic carbocycles. The number of nitrogens with one attached hydrogen (secondary N) is 3. The molecule has 1 fully saturated rings. The predicted octanol–water partition coefficient (Wildman–Crippen LogP) is 4.19. The molecule has 3 N–H and O–H groups in total. The second-order valence-electron chi connectivity index (χ2n) is 8.83. The quantitative estimate of drug-likeness (QED) is 0.451. The molecule has 0 saturated heterocycles. The van der Waals surface area contributed by atoms with Crippen LogP contribution < -0.4 is 20.7 Å². The lowest BCUT2D eigenvalue weighted by Crippen LogP contribution is -2.41. The number of benzene rings is 2. The molecule has 1 amide bonds. The molecule has 4 rings (SSSR count). The normalized spacial score (nSPS) is 19.8. The average Bonchev–Trinajstić information content (AvgIpc) is 3.31. The molecule has 0 spiro atoms. The van der Waals surface area contributed by atoms with E-state index in [1.807, 2.05) is 24.3 Å². The van der Waals surface area contributed by atoms with Crippen LogP contribution in [0.25, 0.3) is 0 Å². The monoisotopic (exact) mass is 434 g/mol. The number of ether oxygens (including phenoxy) is 1. The van der Waals surface area contributed by atoms with Crippen molar-refractivity contribution >= 4 is 17.6 Å². The van der Waals surface area contributed by atoms with Crippen molar-refractivity contribution < 1.29 is 9.53 Å². The summed E-state index contributed by atoms with van der Waals surface area (Å²) in [6.45, 7) is 4.27. The Bertz CT molecular complexity index is 966. The summed E-state index contributed by atoms with van der Waals surface area (Å²) in [4.78, 5) is 17.2. The van der Waals surface area contributed by atoms with E-state index in [-0.39, 0.29) is 17.2 Å². The van der Waals surface area contributed by atoms with Gasteiger partial charge in [0.1, 0.15) is 5.75 Å². The van der Waals surface area contributed by atoms with Gasteiger partial charge >= 0.3 is 0 Å². The zero-order valence-corrected chi connectivity index (χ0v) is 19.1. The molecule has 1 unspecified atom stereocenters. The summed E-state index contributed by atoms with van der Waals surface area (Å²) in [7, 11) is 1.72. The zero-order valence-electron chi connectivity index (χ0n) is 19.1. The molecular weight excluding hydrogens is 400 g/mol. The van der Waals surface area contributed by atoms with Crippen LogP contribution in [-0.4, -0.2) is 38.6 Å². The maximum absolute atomic E-state index is 12.2. The van der Waals surface area contributed by atoms with Gasteiger partial charge in [-0.2, -0.15) is 0 Å². The first-order chi connectivity index (χ1) is 15.6. The van der Waals surface area contributed by atoms with Crippen LogP contribution in [0.5, 0.6) is 5.75 Å². The summed E-state index contributed by atoms with van der Waals surface area (Å²) in [6.07, 6.45) is 5.21. The number of hydrogen-bond donors (Lipinski definition) is 3. The van der Waals surface area contributed by atoms with Gasteiger partial charge in [0.15, 0.2) is 5.96 Å². The Hall–Kier alpha value is -3.02. The van der Waals surface area contributed by atoms with Gasteiger partial charge < -0.3 is 20.7 Å². The molecule has 1 aliphatic heterocycles. The fourth-order valence-electron chi connectivity index (χ4n) is 5.02. The van der Waals surface area contributed by atoms with Gasteiger partial charge in [0.25, 0.3) is 0 Å². The first kappa shape index (κ1) is 22.2. The molecule has 2 aliphatic rings.